The Balaban J connectivity index is 1.25. The number of hydrogen-bond donors (Lipinski definition) is 1. The number of aromatic nitrogens is 2. The molecule has 6 nitrogen and oxygen atoms in total. The van der Waals surface area contributed by atoms with Crippen LogP contribution in [0.1, 0.15) is 24.8 Å². The molecule has 1 aromatic heterocycles. The average molecular weight is 422 g/mol. The van der Waals surface area contributed by atoms with E-state index in [2.05, 4.69) is 22.1 Å². The van der Waals surface area contributed by atoms with Gasteiger partial charge >= 0.3 is 0 Å². The van der Waals surface area contributed by atoms with E-state index in [4.69, 9.17) is 9.47 Å². The van der Waals surface area contributed by atoms with Gasteiger partial charge in [0.05, 0.1) is 6.61 Å². The van der Waals surface area contributed by atoms with Crippen LogP contribution in [-0.2, 0) is 13.1 Å². The van der Waals surface area contributed by atoms with E-state index in [0.717, 1.165) is 50.4 Å². The highest BCUT2D eigenvalue weighted by Gasteiger charge is 2.34. The molecule has 0 spiro atoms. The van der Waals surface area contributed by atoms with E-state index in [1.54, 1.807) is 6.20 Å². The van der Waals surface area contributed by atoms with Crippen molar-refractivity contribution < 1.29 is 14.6 Å². The number of hydrogen-bond acceptors (Lipinski definition) is 5. The summed E-state index contributed by atoms with van der Waals surface area (Å²) in [4.78, 5) is 2.30. The van der Waals surface area contributed by atoms with Gasteiger partial charge in [0.1, 0.15) is 23.7 Å². The standard InChI is InChI=1S/C25H31N3O3/c29-25(21-31-23-9-2-1-3-10-23)12-5-14-27(20-25)19-22-8-4-11-24(18-22)30-17-7-16-28-15-6-13-26-28/h1-4,6,8-11,13,15,18,29H,5,7,12,14,16-17,19-21H2/t25-/m1/s1. The lowest BCUT2D eigenvalue weighted by Gasteiger charge is -2.39. The maximum absolute atomic E-state index is 11.1. The predicted molar refractivity (Wildman–Crippen MR) is 120 cm³/mol. The molecular formula is C25H31N3O3. The van der Waals surface area contributed by atoms with Crippen molar-refractivity contribution in [2.24, 2.45) is 0 Å². The monoisotopic (exact) mass is 421 g/mol. The summed E-state index contributed by atoms with van der Waals surface area (Å²) in [6.45, 7) is 4.19. The number of benzene rings is 2. The number of rotatable bonds is 10. The third-order valence-electron chi connectivity index (χ3n) is 5.55. The third-order valence-corrected chi connectivity index (χ3v) is 5.55. The van der Waals surface area contributed by atoms with Gasteiger partial charge in [-0.25, -0.2) is 0 Å². The van der Waals surface area contributed by atoms with Crippen molar-refractivity contribution in [2.75, 3.05) is 26.3 Å². The molecular weight excluding hydrogens is 390 g/mol. The van der Waals surface area contributed by atoms with Crippen LogP contribution < -0.4 is 9.47 Å². The molecule has 1 aliphatic heterocycles. The van der Waals surface area contributed by atoms with Gasteiger partial charge in [-0.2, -0.15) is 5.10 Å². The van der Waals surface area contributed by atoms with Crippen LogP contribution in [0.25, 0.3) is 0 Å². The Labute approximate surface area is 184 Å². The number of ether oxygens (including phenoxy) is 2. The smallest absolute Gasteiger partial charge is 0.119 e. The van der Waals surface area contributed by atoms with Gasteiger partial charge in [-0.05, 0) is 55.3 Å². The Hall–Kier alpha value is -2.83. The number of piperidine rings is 1. The van der Waals surface area contributed by atoms with E-state index >= 15 is 0 Å². The van der Waals surface area contributed by atoms with Crippen molar-refractivity contribution in [1.82, 2.24) is 14.7 Å². The fourth-order valence-corrected chi connectivity index (χ4v) is 4.03. The largest absolute Gasteiger partial charge is 0.494 e. The molecule has 1 N–H and O–H groups in total. The van der Waals surface area contributed by atoms with E-state index in [1.807, 2.05) is 59.4 Å². The molecule has 164 valence electrons. The minimum atomic E-state index is -0.825. The summed E-state index contributed by atoms with van der Waals surface area (Å²) in [5.74, 6) is 1.68. The second kappa shape index (κ2) is 10.5. The molecule has 1 saturated heterocycles. The van der Waals surface area contributed by atoms with Crippen molar-refractivity contribution in [3.63, 3.8) is 0 Å². The topological polar surface area (TPSA) is 59.8 Å². The first kappa shape index (κ1) is 21.4. The molecule has 0 amide bonds. The lowest BCUT2D eigenvalue weighted by molar-refractivity contribution is -0.0621. The van der Waals surface area contributed by atoms with Crippen LogP contribution in [0.5, 0.6) is 11.5 Å². The highest BCUT2D eigenvalue weighted by atomic mass is 16.5. The summed E-state index contributed by atoms with van der Waals surface area (Å²) >= 11 is 0. The molecule has 0 bridgehead atoms. The van der Waals surface area contributed by atoms with E-state index in [-0.39, 0.29) is 0 Å². The highest BCUT2D eigenvalue weighted by Crippen LogP contribution is 2.25. The summed E-state index contributed by atoms with van der Waals surface area (Å²) in [6.07, 6.45) is 6.38. The number of aliphatic hydroxyl groups is 1. The molecule has 6 heteroatoms. The van der Waals surface area contributed by atoms with Crippen molar-refractivity contribution in [3.05, 3.63) is 78.6 Å². The van der Waals surface area contributed by atoms with Crippen LogP contribution >= 0.6 is 0 Å². The molecule has 3 aromatic rings. The normalized spacial score (nSPS) is 19.3. The minimum absolute atomic E-state index is 0.312. The van der Waals surface area contributed by atoms with Gasteiger partial charge in [0.15, 0.2) is 0 Å². The van der Waals surface area contributed by atoms with Crippen LogP contribution in [-0.4, -0.2) is 51.7 Å². The molecule has 0 saturated carbocycles. The van der Waals surface area contributed by atoms with E-state index in [0.29, 0.717) is 19.8 Å². The quantitative estimate of drug-likeness (QED) is 0.505. The van der Waals surface area contributed by atoms with E-state index < -0.39 is 5.60 Å². The van der Waals surface area contributed by atoms with Gasteiger partial charge in [-0.3, -0.25) is 9.58 Å². The zero-order chi connectivity index (χ0) is 21.4. The van der Waals surface area contributed by atoms with Gasteiger partial charge < -0.3 is 14.6 Å². The lowest BCUT2D eigenvalue weighted by Crippen LogP contribution is -2.51. The molecule has 31 heavy (non-hydrogen) atoms. The predicted octanol–water partition coefficient (Wildman–Crippen LogP) is 3.76. The first-order chi connectivity index (χ1) is 15.2. The molecule has 0 aliphatic carbocycles. The molecule has 1 fully saturated rings. The zero-order valence-electron chi connectivity index (χ0n) is 17.9. The second-order valence-corrected chi connectivity index (χ2v) is 8.26. The van der Waals surface area contributed by atoms with Crippen molar-refractivity contribution in [1.29, 1.82) is 0 Å². The maximum Gasteiger partial charge on any atom is 0.119 e. The summed E-state index contributed by atoms with van der Waals surface area (Å²) in [6, 6.07) is 19.9. The first-order valence-corrected chi connectivity index (χ1v) is 11.0. The Kier molecular flexibility index (Phi) is 7.22. The van der Waals surface area contributed by atoms with Crippen molar-refractivity contribution >= 4 is 0 Å². The van der Waals surface area contributed by atoms with Gasteiger partial charge in [-0.15, -0.1) is 0 Å². The number of para-hydroxylation sites is 1. The van der Waals surface area contributed by atoms with Gasteiger partial charge in [0, 0.05) is 38.4 Å². The molecule has 2 aromatic carbocycles. The molecule has 0 unspecified atom stereocenters. The van der Waals surface area contributed by atoms with E-state index in [9.17, 15) is 5.11 Å². The fourth-order valence-electron chi connectivity index (χ4n) is 4.03. The molecule has 4 rings (SSSR count). The van der Waals surface area contributed by atoms with Gasteiger partial charge in [0.2, 0.25) is 0 Å². The van der Waals surface area contributed by atoms with Crippen molar-refractivity contribution in [3.8, 4) is 11.5 Å². The van der Waals surface area contributed by atoms with Gasteiger partial charge in [0.25, 0.3) is 0 Å². The van der Waals surface area contributed by atoms with Crippen LogP contribution in [0.3, 0.4) is 0 Å². The summed E-state index contributed by atoms with van der Waals surface area (Å²) < 4.78 is 13.7. The summed E-state index contributed by atoms with van der Waals surface area (Å²) in [7, 11) is 0. The van der Waals surface area contributed by atoms with Crippen LogP contribution in [0.15, 0.2) is 73.1 Å². The number of nitrogens with zero attached hydrogens (tertiary/aromatic N) is 3. The number of likely N-dealkylation sites (tertiary alicyclic amines) is 1. The molecule has 2 heterocycles. The fraction of sp³-hybridized carbons (Fsp3) is 0.400. The molecule has 1 atom stereocenters. The second-order valence-electron chi connectivity index (χ2n) is 8.26. The lowest BCUT2D eigenvalue weighted by atomic mass is 9.93. The number of β-amino-alcohol motifs (C(OH)–C–C–N with tert-alkyl or cyclic N) is 1. The SMILES string of the molecule is O[C@]1(COc2ccccc2)CCCN(Cc2cccc(OCCCn3cccn3)c2)C1. The summed E-state index contributed by atoms with van der Waals surface area (Å²) in [5, 5.41) is 15.3. The maximum atomic E-state index is 11.1. The first-order valence-electron chi connectivity index (χ1n) is 11.0. The van der Waals surface area contributed by atoms with E-state index in [1.165, 1.54) is 5.56 Å². The number of aryl methyl sites for hydroxylation is 1. The Bertz CT molecular complexity index is 917. The van der Waals surface area contributed by atoms with Crippen LogP contribution in [0.2, 0.25) is 0 Å². The molecule has 1 aliphatic rings. The van der Waals surface area contributed by atoms with Crippen LogP contribution in [0, 0.1) is 0 Å². The average Bonchev–Trinajstić information content (AvgIpc) is 3.30. The Morgan fingerprint density at radius 2 is 1.87 bits per heavy atom. The van der Waals surface area contributed by atoms with Crippen LogP contribution in [0.4, 0.5) is 0 Å². The van der Waals surface area contributed by atoms with Gasteiger partial charge in [-0.1, -0.05) is 30.3 Å². The summed E-state index contributed by atoms with van der Waals surface area (Å²) in [5.41, 5.74) is 0.368. The third kappa shape index (κ3) is 6.57. The Morgan fingerprint density at radius 3 is 2.71 bits per heavy atom. The minimum Gasteiger partial charge on any atom is -0.494 e. The highest BCUT2D eigenvalue weighted by molar-refractivity contribution is 5.28. The molecule has 0 radical (unpaired) electrons. The van der Waals surface area contributed by atoms with Crippen molar-refractivity contribution in [2.45, 2.75) is 38.0 Å². The zero-order valence-corrected chi connectivity index (χ0v) is 17.9. The Morgan fingerprint density at radius 1 is 1.00 bits per heavy atom.